The van der Waals surface area contributed by atoms with Crippen molar-refractivity contribution in [3.8, 4) is 33.6 Å². The van der Waals surface area contributed by atoms with Gasteiger partial charge in [-0.05, 0) is 65.8 Å². The molecule has 5 atom stereocenters. The van der Waals surface area contributed by atoms with E-state index in [0.29, 0.717) is 31.9 Å². The zero-order valence-electron chi connectivity index (χ0n) is 35.1. The van der Waals surface area contributed by atoms with E-state index in [1.807, 2.05) is 60.2 Å². The van der Waals surface area contributed by atoms with Crippen molar-refractivity contribution >= 4 is 23.8 Å². The normalized spacial score (nSPS) is 19.8. The summed E-state index contributed by atoms with van der Waals surface area (Å²) >= 11 is 0. The fourth-order valence-electron chi connectivity index (χ4n) is 8.67. The highest BCUT2D eigenvalue weighted by atomic mass is 16.5. The number of imidazole rings is 2. The molecule has 61 heavy (non-hydrogen) atoms. The Bertz CT molecular complexity index is 2320. The lowest BCUT2D eigenvalue weighted by Crippen LogP contribution is -2.51. The highest BCUT2D eigenvalue weighted by Crippen LogP contribution is 2.39. The van der Waals surface area contributed by atoms with Gasteiger partial charge in [0, 0.05) is 32.0 Å². The maximum atomic E-state index is 14.4. The van der Waals surface area contributed by atoms with Crippen LogP contribution in [-0.2, 0) is 23.9 Å². The van der Waals surface area contributed by atoms with E-state index in [4.69, 9.17) is 14.5 Å². The highest BCUT2D eigenvalue weighted by molar-refractivity contribution is 5.91. The van der Waals surface area contributed by atoms with Crippen LogP contribution < -0.4 is 10.6 Å². The third-order valence-electron chi connectivity index (χ3n) is 12.2. The lowest BCUT2D eigenvalue weighted by Gasteiger charge is -2.30. The largest absolute Gasteiger partial charge is 0.453 e. The molecule has 0 spiro atoms. The second-order valence-electron chi connectivity index (χ2n) is 16.8. The van der Waals surface area contributed by atoms with Crippen LogP contribution in [0.3, 0.4) is 0 Å². The molecule has 4 heterocycles. The van der Waals surface area contributed by atoms with Crippen LogP contribution in [-0.4, -0.2) is 93.5 Å². The highest BCUT2D eigenvalue weighted by Gasteiger charge is 2.42. The summed E-state index contributed by atoms with van der Waals surface area (Å²) in [5.74, 6) is 1.04. The third-order valence-corrected chi connectivity index (χ3v) is 12.2. The number of H-pyrrole nitrogens is 2. The number of rotatable bonds is 14. The zero-order chi connectivity index (χ0) is 42.6. The summed E-state index contributed by atoms with van der Waals surface area (Å²) in [6, 6.07) is 24.0. The third kappa shape index (κ3) is 9.09. The van der Waals surface area contributed by atoms with Gasteiger partial charge in [0.15, 0.2) is 0 Å². The minimum absolute atomic E-state index is 0.0259. The van der Waals surface area contributed by atoms with Gasteiger partial charge in [-0.15, -0.1) is 0 Å². The van der Waals surface area contributed by atoms with Crippen molar-refractivity contribution in [2.45, 2.75) is 70.1 Å². The molecular weight excluding hydrogens is 773 g/mol. The summed E-state index contributed by atoms with van der Waals surface area (Å²) in [6.45, 7) is 5.41. The smallest absolute Gasteiger partial charge is 0.407 e. The summed E-state index contributed by atoms with van der Waals surface area (Å²) in [7, 11) is 2.97. The number of methoxy groups -OCH3 is 2. The molecule has 318 valence electrons. The van der Waals surface area contributed by atoms with E-state index in [2.05, 4.69) is 74.1 Å². The van der Waals surface area contributed by atoms with Crippen molar-refractivity contribution in [3.63, 3.8) is 0 Å². The van der Waals surface area contributed by atoms with Crippen LogP contribution in [0.2, 0.25) is 0 Å². The quantitative estimate of drug-likeness (QED) is 0.0928. The van der Waals surface area contributed by atoms with Crippen molar-refractivity contribution in [1.29, 1.82) is 0 Å². The van der Waals surface area contributed by atoms with Gasteiger partial charge in [0.25, 0.3) is 0 Å². The molecule has 2 aliphatic heterocycles. The first-order valence-corrected chi connectivity index (χ1v) is 21.2. The maximum absolute atomic E-state index is 14.4. The monoisotopic (exact) mass is 826 g/mol. The second kappa shape index (κ2) is 18.1. The van der Waals surface area contributed by atoms with E-state index in [9.17, 15) is 19.2 Å². The van der Waals surface area contributed by atoms with Gasteiger partial charge in [-0.1, -0.05) is 92.7 Å². The SMILES string of the molecule is COC[C@H]1C[C@@H](c2ncc(-c3ccc(-c4ccc(-c5cnc([C@@H]6CCCN6C(=O)[C@@H](NC(=O)OC)C(C)C)[nH]5)cc4)cc3)[nH]2)N(C(=O)[C@H](NC(=O)C2CC2)c2ccccc2)C1. The van der Waals surface area contributed by atoms with E-state index in [-0.39, 0.29) is 47.6 Å². The predicted molar refractivity (Wildman–Crippen MR) is 229 cm³/mol. The van der Waals surface area contributed by atoms with Crippen molar-refractivity contribution < 1.29 is 28.7 Å². The van der Waals surface area contributed by atoms with Crippen LogP contribution >= 0.6 is 0 Å². The van der Waals surface area contributed by atoms with E-state index in [0.717, 1.165) is 70.7 Å². The fraction of sp³-hybridized carbons (Fsp3) is 0.404. The van der Waals surface area contributed by atoms with E-state index in [1.54, 1.807) is 13.3 Å². The Morgan fingerprint density at radius 3 is 1.89 bits per heavy atom. The first kappa shape index (κ1) is 41.5. The number of amides is 4. The first-order valence-electron chi connectivity index (χ1n) is 21.2. The van der Waals surface area contributed by atoms with Crippen molar-refractivity contribution in [1.82, 2.24) is 40.4 Å². The Balaban J connectivity index is 0.944. The van der Waals surface area contributed by atoms with Crippen LogP contribution in [0.5, 0.6) is 0 Å². The van der Waals surface area contributed by atoms with Gasteiger partial charge in [0.2, 0.25) is 17.7 Å². The van der Waals surface area contributed by atoms with Gasteiger partial charge in [0.1, 0.15) is 23.7 Å². The Morgan fingerprint density at radius 2 is 1.33 bits per heavy atom. The first-order chi connectivity index (χ1) is 29.6. The minimum Gasteiger partial charge on any atom is -0.453 e. The minimum atomic E-state index is -0.784. The lowest BCUT2D eigenvalue weighted by atomic mass is 10.0. The standard InChI is InChI=1S/C47H54N8O6/c1-28(2)40(53-47(59)61-4)45(57)54-22-8-11-38(54)42-48-24-36(50-42)32-16-12-30(13-17-32)31-14-18-33(19-15-31)37-25-49-43(51-37)39-23-29(27-60-3)26-55(39)46(58)41(34-9-6-5-7-10-34)52-44(56)35-20-21-35/h5-7,9-10,12-19,24-25,28-29,35,38-41H,8,11,20-23,26-27H2,1-4H3,(H,48,50)(H,49,51)(H,52,56)(H,53,59)/t29-,38-,39-,40-,41+/m0/s1. The van der Waals surface area contributed by atoms with Crippen LogP contribution in [0.15, 0.2) is 91.3 Å². The average Bonchev–Trinajstić information content (AvgIpc) is 3.67. The Kier molecular flexibility index (Phi) is 12.3. The van der Waals surface area contributed by atoms with Crippen LogP contribution in [0, 0.1) is 17.8 Å². The molecule has 3 fully saturated rings. The number of ether oxygens (including phenoxy) is 2. The summed E-state index contributed by atoms with van der Waals surface area (Å²) in [6.07, 6.45) is 7.01. The molecule has 3 aromatic carbocycles. The topological polar surface area (TPSA) is 175 Å². The van der Waals surface area contributed by atoms with Crippen LogP contribution in [0.25, 0.3) is 33.6 Å². The number of hydrogen-bond donors (Lipinski definition) is 4. The second-order valence-corrected chi connectivity index (χ2v) is 16.8. The summed E-state index contributed by atoms with van der Waals surface area (Å²) < 4.78 is 10.3. The number of nitrogens with one attached hydrogen (secondary N) is 4. The van der Waals surface area contributed by atoms with Gasteiger partial charge < -0.3 is 39.9 Å². The molecule has 8 rings (SSSR count). The molecule has 1 saturated carbocycles. The maximum Gasteiger partial charge on any atom is 0.407 e. The summed E-state index contributed by atoms with van der Waals surface area (Å²) in [5, 5.41) is 5.76. The van der Waals surface area contributed by atoms with Gasteiger partial charge in [-0.3, -0.25) is 14.4 Å². The molecule has 2 aromatic heterocycles. The number of alkyl carbamates (subject to hydrolysis) is 1. The van der Waals surface area contributed by atoms with Crippen molar-refractivity contribution in [3.05, 3.63) is 108 Å². The zero-order valence-corrected chi connectivity index (χ0v) is 35.1. The number of hydrogen-bond acceptors (Lipinski definition) is 8. The number of aromatic nitrogens is 4. The molecule has 1 aliphatic carbocycles. The fourth-order valence-corrected chi connectivity index (χ4v) is 8.67. The molecule has 4 N–H and O–H groups in total. The van der Waals surface area contributed by atoms with Gasteiger partial charge >= 0.3 is 6.09 Å². The molecule has 5 aromatic rings. The Hall–Kier alpha value is -6.28. The molecule has 0 bridgehead atoms. The lowest BCUT2D eigenvalue weighted by molar-refractivity contribution is -0.138. The molecule has 14 heteroatoms. The number of aromatic amines is 2. The molecule has 14 nitrogen and oxygen atoms in total. The summed E-state index contributed by atoms with van der Waals surface area (Å²) in [5.41, 5.74) is 6.50. The van der Waals surface area contributed by atoms with E-state index >= 15 is 0 Å². The number of benzene rings is 3. The van der Waals surface area contributed by atoms with Crippen molar-refractivity contribution in [2.75, 3.05) is 33.9 Å². The number of likely N-dealkylation sites (tertiary alicyclic amines) is 2. The van der Waals surface area contributed by atoms with Gasteiger partial charge in [-0.25, -0.2) is 14.8 Å². The Morgan fingerprint density at radius 1 is 0.738 bits per heavy atom. The van der Waals surface area contributed by atoms with Gasteiger partial charge in [0.05, 0.1) is 49.6 Å². The predicted octanol–water partition coefficient (Wildman–Crippen LogP) is 6.98. The molecule has 0 radical (unpaired) electrons. The molecule has 2 saturated heterocycles. The summed E-state index contributed by atoms with van der Waals surface area (Å²) in [4.78, 5) is 73.0. The average molecular weight is 827 g/mol. The van der Waals surface area contributed by atoms with Crippen LogP contribution in [0.4, 0.5) is 4.79 Å². The number of nitrogens with zero attached hydrogens (tertiary/aromatic N) is 4. The van der Waals surface area contributed by atoms with Gasteiger partial charge in [-0.2, -0.15) is 0 Å². The van der Waals surface area contributed by atoms with Crippen LogP contribution in [0.1, 0.15) is 81.3 Å². The number of carbonyl (C=O) groups excluding carboxylic acids is 4. The van der Waals surface area contributed by atoms with E-state index in [1.165, 1.54) is 7.11 Å². The number of carbonyl (C=O) groups is 4. The molecule has 3 aliphatic rings. The Labute approximate surface area is 355 Å². The molecule has 4 amide bonds. The molecular formula is C47H54N8O6. The molecule has 0 unspecified atom stereocenters. The van der Waals surface area contributed by atoms with E-state index < -0.39 is 18.2 Å². The van der Waals surface area contributed by atoms with Crippen molar-refractivity contribution in [2.24, 2.45) is 17.8 Å².